The smallest absolute Gasteiger partial charge is 0.123 e. The normalized spacial score (nSPS) is 22.2. The molecule has 1 fully saturated rings. The van der Waals surface area contributed by atoms with E-state index in [-0.39, 0.29) is 0 Å². The summed E-state index contributed by atoms with van der Waals surface area (Å²) < 4.78 is 5.55. The average molecular weight is 291 g/mol. The molecule has 118 valence electrons. The fourth-order valence-electron chi connectivity index (χ4n) is 2.99. The molecule has 1 aliphatic rings. The van der Waals surface area contributed by atoms with Gasteiger partial charge in [-0.25, -0.2) is 0 Å². The summed E-state index contributed by atoms with van der Waals surface area (Å²) >= 11 is 0. The Morgan fingerprint density at radius 2 is 2.14 bits per heavy atom. The summed E-state index contributed by atoms with van der Waals surface area (Å²) in [7, 11) is 5.95. The first-order valence-electron chi connectivity index (χ1n) is 7.81. The van der Waals surface area contributed by atoms with Crippen molar-refractivity contribution in [3.63, 3.8) is 0 Å². The number of ether oxygens (including phenoxy) is 1. The van der Waals surface area contributed by atoms with Crippen molar-refractivity contribution >= 4 is 0 Å². The van der Waals surface area contributed by atoms with E-state index in [0.717, 1.165) is 31.9 Å². The minimum absolute atomic E-state index is 0.361. The number of likely N-dealkylation sites (N-methyl/N-ethyl adjacent to an activating group) is 1. The van der Waals surface area contributed by atoms with Crippen LogP contribution in [0.5, 0.6) is 5.75 Å². The molecule has 0 aliphatic carbocycles. The van der Waals surface area contributed by atoms with Gasteiger partial charge in [0.2, 0.25) is 0 Å². The summed E-state index contributed by atoms with van der Waals surface area (Å²) in [6, 6.07) is 7.47. The minimum Gasteiger partial charge on any atom is -0.496 e. The Labute approximate surface area is 129 Å². The van der Waals surface area contributed by atoms with E-state index < -0.39 is 0 Å². The molecule has 1 N–H and O–H groups in total. The highest BCUT2D eigenvalue weighted by atomic mass is 16.5. The van der Waals surface area contributed by atoms with Gasteiger partial charge in [-0.1, -0.05) is 6.07 Å². The van der Waals surface area contributed by atoms with Gasteiger partial charge in [0.15, 0.2) is 0 Å². The second kappa shape index (κ2) is 7.25. The van der Waals surface area contributed by atoms with E-state index >= 15 is 0 Å². The van der Waals surface area contributed by atoms with Crippen LogP contribution in [-0.4, -0.2) is 56.7 Å². The summed E-state index contributed by atoms with van der Waals surface area (Å²) in [5.41, 5.74) is 2.60. The van der Waals surface area contributed by atoms with Crippen molar-refractivity contribution < 1.29 is 4.74 Å². The molecule has 1 aliphatic heterocycles. The van der Waals surface area contributed by atoms with E-state index in [4.69, 9.17) is 4.74 Å². The van der Waals surface area contributed by atoms with Gasteiger partial charge in [0, 0.05) is 43.8 Å². The van der Waals surface area contributed by atoms with Crippen LogP contribution in [0.15, 0.2) is 18.2 Å². The summed E-state index contributed by atoms with van der Waals surface area (Å²) in [5.74, 6) is 0.994. The van der Waals surface area contributed by atoms with Gasteiger partial charge in [-0.3, -0.25) is 4.90 Å². The molecule has 0 amide bonds. The molecule has 0 radical (unpaired) electrons. The van der Waals surface area contributed by atoms with Crippen molar-refractivity contribution in [2.45, 2.75) is 32.5 Å². The first-order chi connectivity index (χ1) is 10.0. The van der Waals surface area contributed by atoms with E-state index in [2.05, 4.69) is 54.2 Å². The fraction of sp³-hybridized carbons (Fsp3) is 0.647. The largest absolute Gasteiger partial charge is 0.496 e. The van der Waals surface area contributed by atoms with Gasteiger partial charge in [-0.15, -0.1) is 0 Å². The Hall–Kier alpha value is -1.10. The second-order valence-electron chi connectivity index (χ2n) is 6.16. The number of nitrogens with one attached hydrogen (secondary N) is 1. The second-order valence-corrected chi connectivity index (χ2v) is 6.16. The molecule has 2 unspecified atom stereocenters. The third-order valence-corrected chi connectivity index (χ3v) is 4.58. The summed E-state index contributed by atoms with van der Waals surface area (Å²) in [6.07, 6.45) is 0. The zero-order valence-electron chi connectivity index (χ0n) is 14.0. The third-order valence-electron chi connectivity index (χ3n) is 4.58. The molecule has 21 heavy (non-hydrogen) atoms. The van der Waals surface area contributed by atoms with Crippen molar-refractivity contribution in [2.24, 2.45) is 0 Å². The lowest BCUT2D eigenvalue weighted by atomic mass is 10.0. The quantitative estimate of drug-likeness (QED) is 0.899. The Morgan fingerprint density at radius 1 is 1.38 bits per heavy atom. The molecule has 0 aromatic heterocycles. The SMILES string of the molecule is CNC(C)c1ccc(OC)c(CN2CCN(C)CC2C)c1. The lowest BCUT2D eigenvalue weighted by molar-refractivity contribution is 0.0930. The maximum atomic E-state index is 5.55. The van der Waals surface area contributed by atoms with Crippen molar-refractivity contribution in [1.29, 1.82) is 0 Å². The van der Waals surface area contributed by atoms with Crippen LogP contribution < -0.4 is 10.1 Å². The molecule has 2 atom stereocenters. The highest BCUT2D eigenvalue weighted by Gasteiger charge is 2.22. The van der Waals surface area contributed by atoms with Gasteiger partial charge < -0.3 is 15.0 Å². The zero-order valence-corrected chi connectivity index (χ0v) is 14.0. The Balaban J connectivity index is 2.17. The van der Waals surface area contributed by atoms with Crippen molar-refractivity contribution in [3.05, 3.63) is 29.3 Å². The molecule has 4 heteroatoms. The lowest BCUT2D eigenvalue weighted by Crippen LogP contribution is -2.49. The number of hydrogen-bond acceptors (Lipinski definition) is 4. The molecule has 1 heterocycles. The van der Waals surface area contributed by atoms with Gasteiger partial charge in [0.05, 0.1) is 7.11 Å². The predicted octanol–water partition coefficient (Wildman–Crippen LogP) is 2.11. The number of rotatable bonds is 5. The van der Waals surface area contributed by atoms with E-state index in [9.17, 15) is 0 Å². The van der Waals surface area contributed by atoms with Crippen LogP contribution in [0.1, 0.15) is 31.0 Å². The molecular weight excluding hydrogens is 262 g/mol. The maximum absolute atomic E-state index is 5.55. The predicted molar refractivity (Wildman–Crippen MR) is 87.8 cm³/mol. The topological polar surface area (TPSA) is 27.7 Å². The van der Waals surface area contributed by atoms with Gasteiger partial charge in [-0.05, 0) is 45.6 Å². The van der Waals surface area contributed by atoms with Crippen LogP contribution in [-0.2, 0) is 6.54 Å². The van der Waals surface area contributed by atoms with E-state index in [1.165, 1.54) is 11.1 Å². The van der Waals surface area contributed by atoms with Crippen LogP contribution in [0.2, 0.25) is 0 Å². The highest BCUT2D eigenvalue weighted by molar-refractivity contribution is 5.38. The first kappa shape index (κ1) is 16.3. The van der Waals surface area contributed by atoms with Crippen LogP contribution >= 0.6 is 0 Å². The van der Waals surface area contributed by atoms with Crippen molar-refractivity contribution in [1.82, 2.24) is 15.1 Å². The standard InChI is InChI=1S/C17H29N3O/c1-13-11-19(4)8-9-20(13)12-16-10-15(14(2)18-3)6-7-17(16)21-5/h6-7,10,13-14,18H,8-9,11-12H2,1-5H3. The van der Waals surface area contributed by atoms with Gasteiger partial charge in [-0.2, -0.15) is 0 Å². The minimum atomic E-state index is 0.361. The summed E-state index contributed by atoms with van der Waals surface area (Å²) in [5, 5.41) is 3.30. The van der Waals surface area contributed by atoms with Crippen molar-refractivity contribution in [3.8, 4) is 5.75 Å². The zero-order chi connectivity index (χ0) is 15.4. The van der Waals surface area contributed by atoms with E-state index in [1.54, 1.807) is 7.11 Å². The number of methoxy groups -OCH3 is 1. The fourth-order valence-corrected chi connectivity index (χ4v) is 2.99. The Kier molecular flexibility index (Phi) is 5.62. The molecule has 1 aromatic rings. The van der Waals surface area contributed by atoms with Crippen LogP contribution in [0.25, 0.3) is 0 Å². The molecule has 0 spiro atoms. The number of hydrogen-bond donors (Lipinski definition) is 1. The van der Waals surface area contributed by atoms with Crippen LogP contribution in [0, 0.1) is 0 Å². The van der Waals surface area contributed by atoms with Gasteiger partial charge in [0.1, 0.15) is 5.75 Å². The molecule has 1 saturated heterocycles. The molecule has 4 nitrogen and oxygen atoms in total. The molecule has 2 rings (SSSR count). The maximum Gasteiger partial charge on any atom is 0.123 e. The van der Waals surface area contributed by atoms with E-state index in [0.29, 0.717) is 12.1 Å². The third kappa shape index (κ3) is 3.96. The van der Waals surface area contributed by atoms with Crippen LogP contribution in [0.3, 0.4) is 0 Å². The average Bonchev–Trinajstić information content (AvgIpc) is 2.49. The number of nitrogens with zero attached hydrogens (tertiary/aromatic N) is 2. The lowest BCUT2D eigenvalue weighted by Gasteiger charge is -2.38. The highest BCUT2D eigenvalue weighted by Crippen LogP contribution is 2.25. The molecule has 0 saturated carbocycles. The Bertz CT molecular complexity index is 463. The molecule has 0 bridgehead atoms. The van der Waals surface area contributed by atoms with Gasteiger partial charge in [0.25, 0.3) is 0 Å². The number of benzene rings is 1. The number of piperazine rings is 1. The summed E-state index contributed by atoms with van der Waals surface area (Å²) in [4.78, 5) is 4.95. The Morgan fingerprint density at radius 3 is 2.76 bits per heavy atom. The molecular formula is C17H29N3O. The first-order valence-corrected chi connectivity index (χ1v) is 7.81. The molecule has 1 aromatic carbocycles. The van der Waals surface area contributed by atoms with Gasteiger partial charge >= 0.3 is 0 Å². The van der Waals surface area contributed by atoms with E-state index in [1.807, 2.05) is 7.05 Å². The van der Waals surface area contributed by atoms with Crippen molar-refractivity contribution in [2.75, 3.05) is 40.8 Å². The monoisotopic (exact) mass is 291 g/mol. The summed E-state index contributed by atoms with van der Waals surface area (Å²) in [6.45, 7) is 8.84. The van der Waals surface area contributed by atoms with Crippen LogP contribution in [0.4, 0.5) is 0 Å².